The van der Waals surface area contributed by atoms with Gasteiger partial charge < -0.3 is 23.7 Å². The molecule has 1 aromatic carbocycles. The van der Waals surface area contributed by atoms with Gasteiger partial charge >= 0.3 is 12.1 Å². The minimum atomic E-state index is -0.742. The second kappa shape index (κ2) is 9.89. The third-order valence-corrected chi connectivity index (χ3v) is 5.02. The van der Waals surface area contributed by atoms with Gasteiger partial charge in [0.25, 0.3) is 0 Å². The van der Waals surface area contributed by atoms with Gasteiger partial charge in [0.15, 0.2) is 6.10 Å². The van der Waals surface area contributed by atoms with Crippen LogP contribution in [-0.2, 0) is 18.9 Å². The summed E-state index contributed by atoms with van der Waals surface area (Å²) in [5, 5.41) is 0. The van der Waals surface area contributed by atoms with Crippen molar-refractivity contribution in [3.05, 3.63) is 29.8 Å². The smallest absolute Gasteiger partial charge is 0.453 e. The molecule has 7 nitrogen and oxygen atoms in total. The van der Waals surface area contributed by atoms with Crippen LogP contribution in [0.15, 0.2) is 24.3 Å². The largest absolute Gasteiger partial charge is 0.513 e. The SMILES string of the molecule is CCCCCCOC(=O)Oc1ccc(C(=O)O[C@H]2COC3C2OC[C@@H]3C)cc1. The predicted octanol–water partition coefficient (Wildman–Crippen LogP) is 3.74. The fourth-order valence-electron chi connectivity index (χ4n) is 3.43. The number of ether oxygens (including phenoxy) is 5. The molecule has 2 heterocycles. The maximum Gasteiger partial charge on any atom is 0.513 e. The van der Waals surface area contributed by atoms with E-state index in [1.165, 1.54) is 12.1 Å². The van der Waals surface area contributed by atoms with E-state index in [2.05, 4.69) is 13.8 Å². The van der Waals surface area contributed by atoms with Crippen LogP contribution in [0.1, 0.15) is 49.9 Å². The lowest BCUT2D eigenvalue weighted by Crippen LogP contribution is -2.32. The van der Waals surface area contributed by atoms with E-state index in [1.54, 1.807) is 12.1 Å². The highest BCUT2D eigenvalue weighted by Crippen LogP contribution is 2.32. The van der Waals surface area contributed by atoms with Crippen LogP contribution >= 0.6 is 0 Å². The molecule has 0 spiro atoms. The van der Waals surface area contributed by atoms with Crippen LogP contribution in [0.2, 0.25) is 0 Å². The summed E-state index contributed by atoms with van der Waals surface area (Å²) in [7, 11) is 0. The molecular weight excluding hydrogens is 364 g/mol. The van der Waals surface area contributed by atoms with Crippen LogP contribution in [0.25, 0.3) is 0 Å². The van der Waals surface area contributed by atoms with Gasteiger partial charge in [0.1, 0.15) is 11.9 Å². The van der Waals surface area contributed by atoms with Crippen molar-refractivity contribution in [2.75, 3.05) is 19.8 Å². The topological polar surface area (TPSA) is 80.3 Å². The Hall–Kier alpha value is -2.12. The Bertz CT molecular complexity index is 657. The molecule has 2 aliphatic heterocycles. The molecule has 28 heavy (non-hydrogen) atoms. The summed E-state index contributed by atoms with van der Waals surface area (Å²) in [6, 6.07) is 6.18. The van der Waals surface area contributed by atoms with Crippen molar-refractivity contribution in [2.24, 2.45) is 5.92 Å². The van der Waals surface area contributed by atoms with Crippen molar-refractivity contribution < 1.29 is 33.3 Å². The molecule has 2 saturated heterocycles. The first-order chi connectivity index (χ1) is 13.6. The van der Waals surface area contributed by atoms with E-state index in [1.807, 2.05) is 0 Å². The Kier molecular flexibility index (Phi) is 7.28. The number of hydrogen-bond acceptors (Lipinski definition) is 7. The van der Waals surface area contributed by atoms with Crippen LogP contribution in [0, 0.1) is 5.92 Å². The normalized spacial score (nSPS) is 25.9. The highest BCUT2D eigenvalue weighted by molar-refractivity contribution is 5.89. The van der Waals surface area contributed by atoms with Crippen LogP contribution in [0.3, 0.4) is 0 Å². The number of esters is 1. The molecule has 0 N–H and O–H groups in total. The van der Waals surface area contributed by atoms with Gasteiger partial charge in [-0.05, 0) is 30.7 Å². The highest BCUT2D eigenvalue weighted by Gasteiger charge is 2.47. The van der Waals surface area contributed by atoms with Crippen molar-refractivity contribution in [3.63, 3.8) is 0 Å². The Morgan fingerprint density at radius 3 is 2.54 bits per heavy atom. The summed E-state index contributed by atoms with van der Waals surface area (Å²) in [5.41, 5.74) is 0.370. The zero-order valence-electron chi connectivity index (χ0n) is 16.4. The van der Waals surface area contributed by atoms with Gasteiger partial charge in [0, 0.05) is 5.92 Å². The Labute approximate surface area is 165 Å². The highest BCUT2D eigenvalue weighted by atomic mass is 16.7. The predicted molar refractivity (Wildman–Crippen MR) is 100 cm³/mol. The van der Waals surface area contributed by atoms with Gasteiger partial charge in [-0.2, -0.15) is 0 Å². The number of fused-ring (bicyclic) bond motifs is 1. The van der Waals surface area contributed by atoms with Crippen LogP contribution < -0.4 is 4.74 Å². The monoisotopic (exact) mass is 392 g/mol. The van der Waals surface area contributed by atoms with Gasteiger partial charge in [-0.25, -0.2) is 9.59 Å². The maximum absolute atomic E-state index is 12.4. The van der Waals surface area contributed by atoms with E-state index in [0.29, 0.717) is 37.1 Å². The zero-order valence-corrected chi connectivity index (χ0v) is 16.4. The number of carbonyl (C=O) groups is 2. The summed E-state index contributed by atoms with van der Waals surface area (Å²) in [6.07, 6.45) is 2.74. The second-order valence-electron chi connectivity index (χ2n) is 7.30. The van der Waals surface area contributed by atoms with Crippen molar-refractivity contribution in [1.29, 1.82) is 0 Å². The molecule has 154 valence electrons. The molecule has 3 rings (SSSR count). The van der Waals surface area contributed by atoms with Crippen LogP contribution in [0.4, 0.5) is 4.79 Å². The molecule has 0 aromatic heterocycles. The first-order valence-electron chi connectivity index (χ1n) is 9.97. The summed E-state index contributed by atoms with van der Waals surface area (Å²) < 4.78 is 27.0. The molecule has 0 radical (unpaired) electrons. The lowest BCUT2D eigenvalue weighted by atomic mass is 10.0. The molecule has 2 fully saturated rings. The average molecular weight is 392 g/mol. The zero-order chi connectivity index (χ0) is 19.9. The first-order valence-corrected chi connectivity index (χ1v) is 9.97. The van der Waals surface area contributed by atoms with Gasteiger partial charge in [0.05, 0.1) is 31.5 Å². The average Bonchev–Trinajstić information content (AvgIpc) is 3.25. The molecule has 1 aromatic rings. The van der Waals surface area contributed by atoms with E-state index in [0.717, 1.165) is 25.7 Å². The third-order valence-electron chi connectivity index (χ3n) is 5.02. The van der Waals surface area contributed by atoms with Crippen molar-refractivity contribution in [2.45, 2.75) is 57.8 Å². The van der Waals surface area contributed by atoms with E-state index in [-0.39, 0.29) is 12.2 Å². The quantitative estimate of drug-likeness (QED) is 0.379. The van der Waals surface area contributed by atoms with E-state index in [4.69, 9.17) is 23.7 Å². The van der Waals surface area contributed by atoms with E-state index in [9.17, 15) is 9.59 Å². The van der Waals surface area contributed by atoms with Gasteiger partial charge in [-0.15, -0.1) is 0 Å². The lowest BCUT2D eigenvalue weighted by molar-refractivity contribution is -0.0158. The number of carbonyl (C=O) groups excluding carboxylic acids is 2. The molecule has 7 heteroatoms. The summed E-state index contributed by atoms with van der Waals surface area (Å²) in [5.74, 6) is 0.159. The van der Waals surface area contributed by atoms with Crippen molar-refractivity contribution >= 4 is 12.1 Å². The fourth-order valence-corrected chi connectivity index (χ4v) is 3.43. The standard InChI is InChI=1S/C21H28O7/c1-3-4-5-6-11-24-21(23)27-16-9-7-15(8-10-16)20(22)28-17-13-26-18-14(2)12-25-19(17)18/h7-10,14,17-19H,3-6,11-13H2,1-2H3/t14-,17-,18?,19?/m0/s1. The molecule has 0 amide bonds. The number of unbranched alkanes of at least 4 members (excludes halogenated alkanes) is 3. The number of hydrogen-bond donors (Lipinski definition) is 0. The van der Waals surface area contributed by atoms with Crippen molar-refractivity contribution in [1.82, 2.24) is 0 Å². The Morgan fingerprint density at radius 2 is 1.79 bits per heavy atom. The van der Waals surface area contributed by atoms with E-state index >= 15 is 0 Å². The molecular formula is C21H28O7. The molecule has 4 atom stereocenters. The summed E-state index contributed by atoms with van der Waals surface area (Å²) in [4.78, 5) is 24.0. The fraction of sp³-hybridized carbons (Fsp3) is 0.619. The molecule has 2 aliphatic rings. The van der Waals surface area contributed by atoms with Gasteiger partial charge in [0.2, 0.25) is 0 Å². The molecule has 0 aliphatic carbocycles. The summed E-state index contributed by atoms with van der Waals surface area (Å²) in [6.45, 7) is 5.48. The second-order valence-corrected chi connectivity index (χ2v) is 7.30. The van der Waals surface area contributed by atoms with Crippen LogP contribution in [-0.4, -0.2) is 50.3 Å². The van der Waals surface area contributed by atoms with E-state index < -0.39 is 18.2 Å². The minimum Gasteiger partial charge on any atom is -0.453 e. The van der Waals surface area contributed by atoms with Crippen LogP contribution in [0.5, 0.6) is 5.75 Å². The lowest BCUT2D eigenvalue weighted by Gasteiger charge is -2.16. The molecule has 0 bridgehead atoms. The minimum absolute atomic E-state index is 0.0124. The number of rotatable bonds is 8. The first kappa shape index (κ1) is 20.6. The third kappa shape index (κ3) is 5.23. The Morgan fingerprint density at radius 1 is 1.04 bits per heavy atom. The molecule has 2 unspecified atom stereocenters. The van der Waals surface area contributed by atoms with Gasteiger partial charge in [-0.3, -0.25) is 0 Å². The maximum atomic E-state index is 12.4. The number of benzene rings is 1. The Balaban J connectivity index is 1.43. The summed E-state index contributed by atoms with van der Waals surface area (Å²) >= 11 is 0. The molecule has 0 saturated carbocycles. The van der Waals surface area contributed by atoms with Crippen molar-refractivity contribution in [3.8, 4) is 5.75 Å². The van der Waals surface area contributed by atoms with Gasteiger partial charge in [-0.1, -0.05) is 33.1 Å².